The topological polar surface area (TPSA) is 136 Å². The molecule has 172 valence electrons. The van der Waals surface area contributed by atoms with Crippen LogP contribution < -0.4 is 26.1 Å². The van der Waals surface area contributed by atoms with Crippen molar-refractivity contribution in [1.29, 1.82) is 0 Å². The summed E-state index contributed by atoms with van der Waals surface area (Å²) in [5, 5.41) is 13.3. The van der Waals surface area contributed by atoms with E-state index >= 15 is 0 Å². The Bertz CT molecular complexity index is 1560. The van der Waals surface area contributed by atoms with Gasteiger partial charge in [0, 0.05) is 49.1 Å². The van der Waals surface area contributed by atoms with Crippen molar-refractivity contribution in [2.45, 2.75) is 39.3 Å². The number of rotatable bonds is 6. The summed E-state index contributed by atoms with van der Waals surface area (Å²) in [6.07, 6.45) is 9.37. The molecule has 4 aromatic rings. The van der Waals surface area contributed by atoms with Crippen LogP contribution in [0.3, 0.4) is 0 Å². The summed E-state index contributed by atoms with van der Waals surface area (Å²) in [5.41, 5.74) is 7.93. The number of nitrogen functional groups attached to an aromatic ring is 1. The average Bonchev–Trinajstić information content (AvgIpc) is 3.52. The van der Waals surface area contributed by atoms with Gasteiger partial charge in [0.1, 0.15) is 11.5 Å². The molecule has 6 rings (SSSR count). The fourth-order valence-electron chi connectivity index (χ4n) is 4.40. The average molecular weight is 459 g/mol. The smallest absolute Gasteiger partial charge is 0.384 e. The summed E-state index contributed by atoms with van der Waals surface area (Å²) in [5.74, 6) is 2.19. The zero-order valence-electron chi connectivity index (χ0n) is 19.0. The van der Waals surface area contributed by atoms with Gasteiger partial charge >= 0.3 is 11.3 Å². The largest absolute Gasteiger partial charge is 0.431 e. The maximum absolute atomic E-state index is 13.2. The first-order valence-corrected chi connectivity index (χ1v) is 11.3. The molecule has 1 saturated heterocycles. The van der Waals surface area contributed by atoms with Crippen molar-refractivity contribution < 1.29 is 4.57 Å². The van der Waals surface area contributed by atoms with Gasteiger partial charge in [0.25, 0.3) is 0 Å². The van der Waals surface area contributed by atoms with Gasteiger partial charge in [0.15, 0.2) is 5.36 Å². The standard InChI is InChI=1S/C22H24N11O/c1-3-4-7-31-17-8-16(26-19(17)20(34)33-13(2)28-29-22(31)33)14-9-25-32(10-14)15-11-30(12-15)21-24-6-5-18(23)27-21/h5-6,8-10,15H,3-4,7,11-12H2,1-2H3,(H2,23,24,27)/q+1. The van der Waals surface area contributed by atoms with Crippen LogP contribution >= 0.6 is 0 Å². The molecule has 0 aliphatic carbocycles. The second kappa shape index (κ2) is 7.68. The van der Waals surface area contributed by atoms with Crippen LogP contribution in [0.5, 0.6) is 0 Å². The van der Waals surface area contributed by atoms with E-state index < -0.39 is 0 Å². The number of nitrogens with zero attached hydrogens (tertiary/aromatic N) is 10. The first-order chi connectivity index (χ1) is 16.5. The molecule has 2 aliphatic heterocycles. The Labute approximate surface area is 194 Å². The van der Waals surface area contributed by atoms with E-state index in [4.69, 9.17) is 10.7 Å². The van der Waals surface area contributed by atoms with Gasteiger partial charge in [-0.2, -0.15) is 10.1 Å². The lowest BCUT2D eigenvalue weighted by atomic mass is 10.1. The third-order valence-corrected chi connectivity index (χ3v) is 6.31. The lowest BCUT2D eigenvalue weighted by Crippen LogP contribution is -2.50. The highest BCUT2D eigenvalue weighted by Gasteiger charge is 2.32. The number of fused-ring (bicyclic) bond motifs is 2. The van der Waals surface area contributed by atoms with Crippen molar-refractivity contribution in [3.05, 3.63) is 57.4 Å². The first-order valence-electron chi connectivity index (χ1n) is 11.3. The molecular formula is C22H24N11O+. The SMILES string of the molecule is CCCC[n+]1c2c(c(=O)n3c(C)nnc31)=NC(c1cnn(C3CN(c4nccc(N)n4)C3)c1)=C2. The molecule has 12 nitrogen and oxygen atoms in total. The van der Waals surface area contributed by atoms with E-state index in [0.29, 0.717) is 28.7 Å². The fourth-order valence-corrected chi connectivity index (χ4v) is 4.40. The second-order valence-corrected chi connectivity index (χ2v) is 8.62. The Morgan fingerprint density at radius 1 is 1.26 bits per heavy atom. The molecule has 0 radical (unpaired) electrons. The number of nitrogens with two attached hydrogens (primary N) is 1. The summed E-state index contributed by atoms with van der Waals surface area (Å²) in [6, 6.07) is 1.87. The lowest BCUT2D eigenvalue weighted by Gasteiger charge is -2.39. The zero-order valence-corrected chi connectivity index (χ0v) is 19.0. The Balaban J connectivity index is 1.30. The summed E-state index contributed by atoms with van der Waals surface area (Å²) in [4.78, 5) is 28.5. The predicted octanol–water partition coefficient (Wildman–Crippen LogP) is -0.0343. The van der Waals surface area contributed by atoms with E-state index in [1.54, 1.807) is 29.8 Å². The van der Waals surface area contributed by atoms with Crippen LogP contribution in [0.4, 0.5) is 11.8 Å². The molecule has 0 bridgehead atoms. The van der Waals surface area contributed by atoms with Crippen molar-refractivity contribution >= 4 is 29.3 Å². The Kier molecular flexibility index (Phi) is 4.61. The second-order valence-electron chi connectivity index (χ2n) is 8.62. The van der Waals surface area contributed by atoms with Crippen LogP contribution in [-0.4, -0.2) is 47.4 Å². The van der Waals surface area contributed by atoms with Crippen molar-refractivity contribution in [2.75, 3.05) is 23.7 Å². The van der Waals surface area contributed by atoms with Gasteiger partial charge in [-0.3, -0.25) is 4.68 Å². The van der Waals surface area contributed by atoms with E-state index in [9.17, 15) is 4.79 Å². The van der Waals surface area contributed by atoms with E-state index in [1.807, 2.05) is 21.5 Å². The molecule has 1 fully saturated rings. The maximum atomic E-state index is 13.2. The van der Waals surface area contributed by atoms with E-state index in [0.717, 1.165) is 49.4 Å². The highest BCUT2D eigenvalue weighted by Crippen LogP contribution is 2.27. The van der Waals surface area contributed by atoms with Crippen molar-refractivity contribution in [3.8, 4) is 0 Å². The highest BCUT2D eigenvalue weighted by atomic mass is 16.1. The fraction of sp³-hybridized carbons (Fsp3) is 0.364. The lowest BCUT2D eigenvalue weighted by molar-refractivity contribution is -0.679. The number of aryl methyl sites for hydroxylation is 2. The molecular weight excluding hydrogens is 434 g/mol. The molecule has 0 saturated carbocycles. The third-order valence-electron chi connectivity index (χ3n) is 6.31. The van der Waals surface area contributed by atoms with E-state index in [1.165, 1.54) is 0 Å². The predicted molar refractivity (Wildman–Crippen MR) is 124 cm³/mol. The quantitative estimate of drug-likeness (QED) is 0.398. The minimum atomic E-state index is -0.198. The van der Waals surface area contributed by atoms with Gasteiger partial charge in [-0.05, 0) is 17.6 Å². The van der Waals surface area contributed by atoms with Crippen molar-refractivity contribution in [2.24, 2.45) is 4.99 Å². The van der Waals surface area contributed by atoms with Crippen LogP contribution in [-0.2, 0) is 6.54 Å². The molecule has 0 unspecified atom stereocenters. The molecule has 0 spiro atoms. The molecule has 34 heavy (non-hydrogen) atoms. The Hall–Kier alpha value is -4.22. The van der Waals surface area contributed by atoms with Gasteiger partial charge in [-0.25, -0.2) is 19.3 Å². The van der Waals surface area contributed by atoms with Gasteiger partial charge in [0.2, 0.25) is 11.8 Å². The number of anilines is 2. The van der Waals surface area contributed by atoms with Crippen LogP contribution in [0.25, 0.3) is 17.6 Å². The van der Waals surface area contributed by atoms with E-state index in [-0.39, 0.29) is 11.6 Å². The van der Waals surface area contributed by atoms with E-state index in [2.05, 4.69) is 37.1 Å². The van der Waals surface area contributed by atoms with Crippen LogP contribution in [0.15, 0.2) is 34.4 Å². The van der Waals surface area contributed by atoms with Gasteiger partial charge < -0.3 is 10.6 Å². The molecule has 0 atom stereocenters. The molecule has 2 N–H and O–H groups in total. The monoisotopic (exact) mass is 458 g/mol. The number of hydrogen-bond acceptors (Lipinski definition) is 9. The van der Waals surface area contributed by atoms with Crippen LogP contribution in [0.1, 0.15) is 42.9 Å². The first kappa shape index (κ1) is 20.4. The van der Waals surface area contributed by atoms with Gasteiger partial charge in [0.05, 0.1) is 24.5 Å². The minimum absolute atomic E-state index is 0.198. The molecule has 12 heteroatoms. The summed E-state index contributed by atoms with van der Waals surface area (Å²) >= 11 is 0. The number of aromatic nitrogens is 8. The molecule has 6 heterocycles. The summed E-state index contributed by atoms with van der Waals surface area (Å²) in [6.45, 7) is 6.14. The minimum Gasteiger partial charge on any atom is -0.384 e. The van der Waals surface area contributed by atoms with Crippen LogP contribution in [0.2, 0.25) is 0 Å². The molecule has 2 aliphatic rings. The van der Waals surface area contributed by atoms with Crippen LogP contribution in [0, 0.1) is 6.92 Å². The third kappa shape index (κ3) is 3.13. The zero-order chi connectivity index (χ0) is 23.4. The van der Waals surface area contributed by atoms with Gasteiger partial charge in [-0.15, -0.1) is 4.40 Å². The highest BCUT2D eigenvalue weighted by molar-refractivity contribution is 5.81. The normalized spacial score (nSPS) is 15.4. The summed E-state index contributed by atoms with van der Waals surface area (Å²) in [7, 11) is 0. The number of unbranched alkanes of at least 4 members (excludes halogenated alkanes) is 1. The van der Waals surface area contributed by atoms with Crippen molar-refractivity contribution in [3.63, 3.8) is 0 Å². The molecule has 0 aromatic carbocycles. The Morgan fingerprint density at radius 3 is 2.91 bits per heavy atom. The van der Waals surface area contributed by atoms with Crippen molar-refractivity contribution in [1.82, 2.24) is 34.3 Å². The number of hydrogen-bond donors (Lipinski definition) is 1. The Morgan fingerprint density at radius 2 is 2.12 bits per heavy atom. The molecule has 4 aromatic heterocycles. The maximum Gasteiger partial charge on any atom is 0.431 e. The van der Waals surface area contributed by atoms with Gasteiger partial charge in [-0.1, -0.05) is 13.3 Å². The summed E-state index contributed by atoms with van der Waals surface area (Å²) < 4.78 is 5.51. The molecule has 0 amide bonds.